The third-order valence-corrected chi connectivity index (χ3v) is 3.61. The van der Waals surface area contributed by atoms with Crippen LogP contribution in [-0.4, -0.2) is 25.2 Å². The Kier molecular flexibility index (Phi) is 5.20. The van der Waals surface area contributed by atoms with Gasteiger partial charge in [-0.05, 0) is 37.0 Å². The van der Waals surface area contributed by atoms with Crippen molar-refractivity contribution < 1.29 is 9.53 Å². The molecule has 1 N–H and O–H groups in total. The van der Waals surface area contributed by atoms with Gasteiger partial charge in [-0.15, -0.1) is 0 Å². The molecule has 1 heterocycles. The van der Waals surface area contributed by atoms with Crippen molar-refractivity contribution in [2.24, 2.45) is 0 Å². The van der Waals surface area contributed by atoms with Crippen LogP contribution in [0.4, 0.5) is 0 Å². The van der Waals surface area contributed by atoms with Crippen LogP contribution in [0.3, 0.4) is 0 Å². The Balaban J connectivity index is 1.72. The number of halogens is 1. The van der Waals surface area contributed by atoms with Crippen molar-refractivity contribution in [3.8, 4) is 0 Å². The van der Waals surface area contributed by atoms with E-state index in [1.807, 2.05) is 24.3 Å². The Labute approximate surface area is 116 Å². The van der Waals surface area contributed by atoms with Gasteiger partial charge in [0.05, 0.1) is 12.6 Å². The maximum Gasteiger partial charge on any atom is 0.220 e. The summed E-state index contributed by atoms with van der Waals surface area (Å²) in [4.78, 5) is 11.8. The second-order valence-corrected chi connectivity index (χ2v) is 5.52. The first-order valence-corrected chi connectivity index (χ1v) is 7.15. The molecule has 0 aliphatic carbocycles. The number of hydrogen-bond acceptors (Lipinski definition) is 2. The maximum absolute atomic E-state index is 11.8. The number of amides is 1. The molecule has 4 heteroatoms. The van der Waals surface area contributed by atoms with E-state index >= 15 is 0 Å². The van der Waals surface area contributed by atoms with Crippen LogP contribution in [0.5, 0.6) is 0 Å². The molecule has 1 aromatic carbocycles. The van der Waals surface area contributed by atoms with E-state index < -0.39 is 0 Å². The first-order valence-electron chi connectivity index (χ1n) is 6.35. The third kappa shape index (κ3) is 4.42. The summed E-state index contributed by atoms with van der Waals surface area (Å²) in [5.41, 5.74) is 1.19. The lowest BCUT2D eigenvalue weighted by Gasteiger charge is -2.23. The predicted octanol–water partition coefficient (Wildman–Crippen LogP) is 2.68. The van der Waals surface area contributed by atoms with Crippen LogP contribution < -0.4 is 5.32 Å². The normalized spacial score (nSPS) is 19.5. The van der Waals surface area contributed by atoms with Crippen molar-refractivity contribution in [1.29, 1.82) is 0 Å². The maximum atomic E-state index is 11.8. The van der Waals surface area contributed by atoms with Crippen LogP contribution in [0.25, 0.3) is 0 Å². The highest BCUT2D eigenvalue weighted by molar-refractivity contribution is 9.10. The fourth-order valence-corrected chi connectivity index (χ4v) is 2.33. The van der Waals surface area contributed by atoms with Crippen LogP contribution >= 0.6 is 15.9 Å². The summed E-state index contributed by atoms with van der Waals surface area (Å²) in [5.74, 6) is 0.119. The zero-order chi connectivity index (χ0) is 12.8. The highest BCUT2D eigenvalue weighted by Gasteiger charge is 2.15. The summed E-state index contributed by atoms with van der Waals surface area (Å²) in [7, 11) is 0. The molecule has 1 aromatic rings. The van der Waals surface area contributed by atoms with E-state index in [0.29, 0.717) is 13.0 Å². The fraction of sp³-hybridized carbons (Fsp3) is 0.500. The molecule has 0 bridgehead atoms. The molecule has 1 atom stereocenters. The minimum atomic E-state index is 0.119. The van der Waals surface area contributed by atoms with Gasteiger partial charge in [-0.25, -0.2) is 0 Å². The Bertz CT molecular complexity index is 385. The molecule has 1 unspecified atom stereocenters. The highest BCUT2D eigenvalue weighted by Crippen LogP contribution is 2.12. The molecule has 98 valence electrons. The van der Waals surface area contributed by atoms with Crippen molar-refractivity contribution in [2.45, 2.75) is 31.7 Å². The summed E-state index contributed by atoms with van der Waals surface area (Å²) in [5, 5.41) is 3.03. The summed E-state index contributed by atoms with van der Waals surface area (Å²) in [6.45, 7) is 1.48. The zero-order valence-corrected chi connectivity index (χ0v) is 11.9. The molecule has 1 amide bonds. The van der Waals surface area contributed by atoms with Crippen molar-refractivity contribution in [3.05, 3.63) is 34.3 Å². The monoisotopic (exact) mass is 311 g/mol. The number of ether oxygens (including phenoxy) is 1. The average molecular weight is 312 g/mol. The van der Waals surface area contributed by atoms with E-state index in [1.165, 1.54) is 5.56 Å². The van der Waals surface area contributed by atoms with Crippen LogP contribution in [0.1, 0.15) is 24.8 Å². The van der Waals surface area contributed by atoms with E-state index in [-0.39, 0.29) is 11.9 Å². The Hall–Kier alpha value is -0.870. The zero-order valence-electron chi connectivity index (χ0n) is 10.3. The molecule has 18 heavy (non-hydrogen) atoms. The number of nitrogens with one attached hydrogen (secondary N) is 1. The number of rotatable bonds is 4. The summed E-state index contributed by atoms with van der Waals surface area (Å²) >= 11 is 3.40. The molecule has 0 spiro atoms. The molecule has 0 saturated carbocycles. The minimum absolute atomic E-state index is 0.119. The van der Waals surface area contributed by atoms with E-state index in [1.54, 1.807) is 0 Å². The largest absolute Gasteiger partial charge is 0.379 e. The summed E-state index contributed by atoms with van der Waals surface area (Å²) < 4.78 is 6.40. The number of carbonyl (C=O) groups excluding carboxylic acids is 1. The lowest BCUT2D eigenvalue weighted by Crippen LogP contribution is -2.40. The topological polar surface area (TPSA) is 38.3 Å². The van der Waals surface area contributed by atoms with Gasteiger partial charge in [-0.2, -0.15) is 0 Å². The lowest BCUT2D eigenvalue weighted by atomic mass is 10.1. The molecule has 3 nitrogen and oxygen atoms in total. The van der Waals surface area contributed by atoms with Gasteiger partial charge in [-0.1, -0.05) is 28.1 Å². The van der Waals surface area contributed by atoms with Crippen LogP contribution in [0, 0.1) is 0 Å². The van der Waals surface area contributed by atoms with Gasteiger partial charge in [0, 0.05) is 17.5 Å². The van der Waals surface area contributed by atoms with Crippen LogP contribution in [0.15, 0.2) is 28.7 Å². The Morgan fingerprint density at radius 1 is 1.39 bits per heavy atom. The minimum Gasteiger partial charge on any atom is -0.379 e. The van der Waals surface area contributed by atoms with Gasteiger partial charge in [0.15, 0.2) is 0 Å². The fourth-order valence-electron chi connectivity index (χ4n) is 2.06. The summed E-state index contributed by atoms with van der Waals surface area (Å²) in [6, 6.07) is 8.29. The standard InChI is InChI=1S/C14H18BrNO2/c15-12-6-3-11(4-7-12)5-8-14(17)16-13-2-1-9-18-10-13/h3-4,6-7,13H,1-2,5,8-10H2,(H,16,17). The Morgan fingerprint density at radius 3 is 2.83 bits per heavy atom. The number of aryl methyl sites for hydroxylation is 1. The molecule has 0 radical (unpaired) electrons. The van der Waals surface area contributed by atoms with Gasteiger partial charge in [0.2, 0.25) is 5.91 Å². The second-order valence-electron chi connectivity index (χ2n) is 4.61. The smallest absolute Gasteiger partial charge is 0.220 e. The molecule has 0 aromatic heterocycles. The number of carbonyl (C=O) groups is 1. The number of hydrogen-bond donors (Lipinski definition) is 1. The second kappa shape index (κ2) is 6.90. The summed E-state index contributed by atoms with van der Waals surface area (Å²) in [6.07, 6.45) is 3.40. The molecule has 1 aliphatic rings. The van der Waals surface area contributed by atoms with E-state index in [9.17, 15) is 4.79 Å². The van der Waals surface area contributed by atoms with Gasteiger partial charge in [0.1, 0.15) is 0 Å². The number of benzene rings is 1. The predicted molar refractivity (Wildman–Crippen MR) is 74.4 cm³/mol. The van der Waals surface area contributed by atoms with Gasteiger partial charge < -0.3 is 10.1 Å². The van der Waals surface area contributed by atoms with Crippen LogP contribution in [0.2, 0.25) is 0 Å². The molecular formula is C14H18BrNO2. The van der Waals surface area contributed by atoms with Crippen molar-refractivity contribution in [3.63, 3.8) is 0 Å². The highest BCUT2D eigenvalue weighted by atomic mass is 79.9. The molecule has 1 saturated heterocycles. The van der Waals surface area contributed by atoms with Crippen molar-refractivity contribution in [1.82, 2.24) is 5.32 Å². The third-order valence-electron chi connectivity index (χ3n) is 3.08. The van der Waals surface area contributed by atoms with E-state index in [0.717, 1.165) is 30.3 Å². The molecule has 2 rings (SSSR count). The lowest BCUT2D eigenvalue weighted by molar-refractivity contribution is -0.122. The first-order chi connectivity index (χ1) is 8.74. The SMILES string of the molecule is O=C(CCc1ccc(Br)cc1)NC1CCCOC1. The molecular weight excluding hydrogens is 294 g/mol. The van der Waals surface area contributed by atoms with Gasteiger partial charge in [-0.3, -0.25) is 4.79 Å². The average Bonchev–Trinajstić information content (AvgIpc) is 2.39. The van der Waals surface area contributed by atoms with Crippen molar-refractivity contribution >= 4 is 21.8 Å². The molecule has 1 aliphatic heterocycles. The van der Waals surface area contributed by atoms with Crippen LogP contribution in [-0.2, 0) is 16.0 Å². The van der Waals surface area contributed by atoms with E-state index in [2.05, 4.69) is 21.2 Å². The van der Waals surface area contributed by atoms with Crippen molar-refractivity contribution in [2.75, 3.05) is 13.2 Å². The molecule has 1 fully saturated rings. The van der Waals surface area contributed by atoms with Gasteiger partial charge in [0.25, 0.3) is 0 Å². The van der Waals surface area contributed by atoms with Gasteiger partial charge >= 0.3 is 0 Å². The van der Waals surface area contributed by atoms with E-state index in [4.69, 9.17) is 4.74 Å². The quantitative estimate of drug-likeness (QED) is 0.928. The first kappa shape index (κ1) is 13.6. The Morgan fingerprint density at radius 2 is 2.17 bits per heavy atom.